The first kappa shape index (κ1) is 13.3. The van der Waals surface area contributed by atoms with Gasteiger partial charge in [-0.25, -0.2) is 0 Å². The number of rotatable bonds is 2. The Balaban J connectivity index is 1.90. The molecule has 4 rings (SSSR count). The number of aliphatic hydroxyl groups is 1. The van der Waals surface area contributed by atoms with E-state index in [-0.39, 0.29) is 11.5 Å². The third kappa shape index (κ3) is 1.77. The van der Waals surface area contributed by atoms with Gasteiger partial charge in [-0.05, 0) is 23.8 Å². The third-order valence-corrected chi connectivity index (χ3v) is 4.34. The van der Waals surface area contributed by atoms with Crippen LogP contribution in [0, 0.1) is 5.92 Å². The molecule has 2 aromatic rings. The number of hydrogen-bond donors (Lipinski definition) is 1. The zero-order valence-electron chi connectivity index (χ0n) is 12.2. The zero-order chi connectivity index (χ0) is 15.3. The van der Waals surface area contributed by atoms with E-state index in [4.69, 9.17) is 9.47 Å². The van der Waals surface area contributed by atoms with Crippen LogP contribution in [0.15, 0.2) is 42.2 Å². The van der Waals surface area contributed by atoms with E-state index in [9.17, 15) is 9.90 Å². The van der Waals surface area contributed by atoms with Crippen LogP contribution < -0.4 is 0 Å². The predicted molar refractivity (Wildman–Crippen MR) is 82.4 cm³/mol. The van der Waals surface area contributed by atoms with E-state index >= 15 is 0 Å². The Morgan fingerprint density at radius 1 is 1.27 bits per heavy atom. The average molecular weight is 296 g/mol. The number of ether oxygens (including phenoxy) is 2. The number of Topliss-reactive ketones (excluding diaryl/α,β-unsaturated/α-hetero) is 1. The molecule has 2 aliphatic rings. The molecule has 0 bridgehead atoms. The van der Waals surface area contributed by atoms with Crippen molar-refractivity contribution in [1.29, 1.82) is 0 Å². The molecule has 1 aliphatic carbocycles. The van der Waals surface area contributed by atoms with Crippen molar-refractivity contribution >= 4 is 22.3 Å². The minimum Gasteiger partial charge on any atom is -0.504 e. The van der Waals surface area contributed by atoms with E-state index in [0.717, 1.165) is 10.8 Å². The summed E-state index contributed by atoms with van der Waals surface area (Å²) in [7, 11) is 0. The Morgan fingerprint density at radius 3 is 2.91 bits per heavy atom. The van der Waals surface area contributed by atoms with Crippen LogP contribution in [0.25, 0.3) is 16.5 Å². The Hall–Kier alpha value is -2.33. The summed E-state index contributed by atoms with van der Waals surface area (Å²) in [6.07, 6.45) is -0.00831. The van der Waals surface area contributed by atoms with Crippen LogP contribution in [-0.2, 0) is 9.47 Å². The number of aliphatic hydroxyl groups excluding tert-OH is 1. The van der Waals surface area contributed by atoms with Crippen LogP contribution in [0.3, 0.4) is 0 Å². The summed E-state index contributed by atoms with van der Waals surface area (Å²) in [6.45, 7) is 2.39. The van der Waals surface area contributed by atoms with Crippen molar-refractivity contribution in [3.63, 3.8) is 0 Å². The van der Waals surface area contributed by atoms with Crippen molar-refractivity contribution in [3.8, 4) is 0 Å². The number of hydrogen-bond acceptors (Lipinski definition) is 4. The summed E-state index contributed by atoms with van der Waals surface area (Å²) in [5, 5.41) is 12.4. The van der Waals surface area contributed by atoms with Gasteiger partial charge in [0.05, 0.1) is 5.92 Å². The summed E-state index contributed by atoms with van der Waals surface area (Å²) in [4.78, 5) is 12.9. The number of carbonyl (C=O) groups is 1. The van der Waals surface area contributed by atoms with Gasteiger partial charge in [-0.2, -0.15) is 0 Å². The van der Waals surface area contributed by atoms with Gasteiger partial charge < -0.3 is 14.6 Å². The third-order valence-electron chi connectivity index (χ3n) is 4.34. The van der Waals surface area contributed by atoms with Crippen molar-refractivity contribution in [3.05, 3.63) is 53.3 Å². The standard InChI is InChI=1S/C18H16O4/c1-2-21-14-9-13-16(19)15-11-6-4-3-5-10(11)7-8-12(15)17(20)18(13)22-14/h3-8,13-14,20H,2,9H2,1H3. The lowest BCUT2D eigenvalue weighted by Crippen LogP contribution is -2.21. The fourth-order valence-corrected chi connectivity index (χ4v) is 3.35. The highest BCUT2D eigenvalue weighted by molar-refractivity contribution is 6.15. The molecule has 0 saturated carbocycles. The lowest BCUT2D eigenvalue weighted by molar-refractivity contribution is -0.0890. The molecule has 1 saturated heterocycles. The van der Waals surface area contributed by atoms with E-state index in [0.29, 0.717) is 29.9 Å². The molecule has 1 N–H and O–H groups in total. The van der Waals surface area contributed by atoms with Gasteiger partial charge >= 0.3 is 0 Å². The number of benzene rings is 2. The van der Waals surface area contributed by atoms with Crippen LogP contribution >= 0.6 is 0 Å². The molecular weight excluding hydrogens is 280 g/mol. The molecule has 2 aromatic carbocycles. The molecule has 4 nitrogen and oxygen atoms in total. The normalized spacial score (nSPS) is 23.4. The Kier molecular flexibility index (Phi) is 2.94. The minimum absolute atomic E-state index is 0.00167. The highest BCUT2D eigenvalue weighted by Gasteiger charge is 2.44. The smallest absolute Gasteiger partial charge is 0.200 e. The second kappa shape index (κ2) is 4.85. The largest absolute Gasteiger partial charge is 0.504 e. The minimum atomic E-state index is -0.461. The lowest BCUT2D eigenvalue weighted by Gasteiger charge is -2.21. The van der Waals surface area contributed by atoms with Crippen LogP contribution in [-0.4, -0.2) is 23.8 Å². The highest BCUT2D eigenvalue weighted by atomic mass is 16.7. The maximum atomic E-state index is 12.9. The molecule has 0 amide bonds. The van der Waals surface area contributed by atoms with Gasteiger partial charge in [0.15, 0.2) is 17.3 Å². The Bertz CT molecular complexity index is 806. The molecule has 0 radical (unpaired) electrons. The fraction of sp³-hybridized carbons (Fsp3) is 0.278. The number of allylic oxidation sites excluding steroid dienone is 1. The Morgan fingerprint density at radius 2 is 2.09 bits per heavy atom. The summed E-state index contributed by atoms with van der Waals surface area (Å²) < 4.78 is 11.1. The molecule has 2 unspecified atom stereocenters. The van der Waals surface area contributed by atoms with E-state index in [1.54, 1.807) is 6.07 Å². The van der Waals surface area contributed by atoms with E-state index in [1.807, 2.05) is 37.3 Å². The SMILES string of the molecule is CCOC1CC2C(=O)c3c(ccc4ccccc34)C(O)=C2O1. The molecular formula is C18H16O4. The molecule has 0 spiro atoms. The van der Waals surface area contributed by atoms with Gasteiger partial charge in [-0.1, -0.05) is 30.3 Å². The Labute approximate surface area is 128 Å². The topological polar surface area (TPSA) is 55.8 Å². The number of fused-ring (bicyclic) bond motifs is 4. The number of carbonyl (C=O) groups excluding carboxylic acids is 1. The first-order valence-corrected chi connectivity index (χ1v) is 7.48. The zero-order valence-corrected chi connectivity index (χ0v) is 12.2. The fourth-order valence-electron chi connectivity index (χ4n) is 3.35. The van der Waals surface area contributed by atoms with E-state index < -0.39 is 12.2 Å². The molecule has 112 valence electrons. The number of ketones is 1. The van der Waals surface area contributed by atoms with Crippen LogP contribution in [0.4, 0.5) is 0 Å². The van der Waals surface area contributed by atoms with E-state index in [1.165, 1.54) is 0 Å². The van der Waals surface area contributed by atoms with E-state index in [2.05, 4.69) is 0 Å². The summed E-state index contributed by atoms with van der Waals surface area (Å²) >= 11 is 0. The van der Waals surface area contributed by atoms with Crippen molar-refractivity contribution in [2.24, 2.45) is 5.92 Å². The summed E-state index contributed by atoms with van der Waals surface area (Å²) in [5.74, 6) is -0.0320. The van der Waals surface area contributed by atoms with Gasteiger partial charge in [0, 0.05) is 24.2 Å². The predicted octanol–water partition coefficient (Wildman–Crippen LogP) is 3.66. The van der Waals surface area contributed by atoms with Crippen LogP contribution in [0.2, 0.25) is 0 Å². The average Bonchev–Trinajstić information content (AvgIpc) is 2.96. The lowest BCUT2D eigenvalue weighted by atomic mass is 9.82. The second-order valence-corrected chi connectivity index (χ2v) is 5.58. The van der Waals surface area contributed by atoms with Crippen molar-refractivity contribution in [2.45, 2.75) is 19.6 Å². The maximum Gasteiger partial charge on any atom is 0.200 e. The maximum absolute atomic E-state index is 12.9. The second-order valence-electron chi connectivity index (χ2n) is 5.58. The van der Waals surface area contributed by atoms with Gasteiger partial charge in [-0.3, -0.25) is 4.79 Å². The molecule has 1 heterocycles. The van der Waals surface area contributed by atoms with Gasteiger partial charge in [0.2, 0.25) is 6.29 Å². The highest BCUT2D eigenvalue weighted by Crippen LogP contribution is 2.44. The molecule has 4 heteroatoms. The van der Waals surface area contributed by atoms with Gasteiger partial charge in [0.25, 0.3) is 0 Å². The molecule has 1 aliphatic heterocycles. The van der Waals surface area contributed by atoms with Crippen LogP contribution in [0.1, 0.15) is 29.3 Å². The van der Waals surface area contributed by atoms with Crippen molar-refractivity contribution < 1.29 is 19.4 Å². The summed E-state index contributed by atoms with van der Waals surface area (Å²) in [5.41, 5.74) is 1.14. The van der Waals surface area contributed by atoms with Crippen molar-refractivity contribution in [1.82, 2.24) is 0 Å². The molecule has 2 atom stereocenters. The monoisotopic (exact) mass is 296 g/mol. The molecule has 0 aromatic heterocycles. The quantitative estimate of drug-likeness (QED) is 0.919. The first-order valence-electron chi connectivity index (χ1n) is 7.48. The molecule has 22 heavy (non-hydrogen) atoms. The van der Waals surface area contributed by atoms with Crippen LogP contribution in [0.5, 0.6) is 0 Å². The van der Waals surface area contributed by atoms with Gasteiger partial charge in [-0.15, -0.1) is 0 Å². The van der Waals surface area contributed by atoms with Gasteiger partial charge in [0.1, 0.15) is 0 Å². The molecule has 1 fully saturated rings. The first-order chi connectivity index (χ1) is 10.7. The summed E-state index contributed by atoms with van der Waals surface area (Å²) in [6, 6.07) is 11.4. The van der Waals surface area contributed by atoms with Crippen molar-refractivity contribution in [2.75, 3.05) is 6.61 Å².